The summed E-state index contributed by atoms with van der Waals surface area (Å²) in [5, 5.41) is 10.1. The Balaban J connectivity index is 1.75. The third kappa shape index (κ3) is 4.14. The lowest BCUT2D eigenvalue weighted by Crippen LogP contribution is -2.17. The molecular weight excluding hydrogens is 390 g/mol. The van der Waals surface area contributed by atoms with Crippen LogP contribution in [0.1, 0.15) is 39.0 Å². The lowest BCUT2D eigenvalue weighted by Gasteiger charge is -1.99. The van der Waals surface area contributed by atoms with E-state index in [0.717, 1.165) is 31.9 Å². The van der Waals surface area contributed by atoms with Gasteiger partial charge in [0.1, 0.15) is 4.88 Å². The summed E-state index contributed by atoms with van der Waals surface area (Å²) in [7, 11) is 0. The molecule has 0 saturated heterocycles. The van der Waals surface area contributed by atoms with Crippen molar-refractivity contribution in [3.8, 4) is 10.6 Å². The summed E-state index contributed by atoms with van der Waals surface area (Å²) < 4.78 is 3.84. The summed E-state index contributed by atoms with van der Waals surface area (Å²) in [5.74, 6) is -0.284. The van der Waals surface area contributed by atoms with Crippen LogP contribution in [0, 0.1) is 6.92 Å². The van der Waals surface area contributed by atoms with Crippen molar-refractivity contribution in [3.63, 3.8) is 0 Å². The van der Waals surface area contributed by atoms with Gasteiger partial charge in [0.15, 0.2) is 5.13 Å². The number of aromatic nitrogens is 3. The van der Waals surface area contributed by atoms with Crippen LogP contribution >= 0.6 is 34.2 Å². The monoisotopic (exact) mass is 407 g/mol. The van der Waals surface area contributed by atoms with E-state index in [9.17, 15) is 9.59 Å². The molecule has 0 fully saturated rings. The minimum absolute atomic E-state index is 0.0567. The van der Waals surface area contributed by atoms with E-state index in [2.05, 4.69) is 25.2 Å². The van der Waals surface area contributed by atoms with Crippen molar-refractivity contribution in [2.24, 2.45) is 0 Å². The molecule has 0 atom stereocenters. The molecule has 10 heteroatoms. The lowest BCUT2D eigenvalue weighted by atomic mass is 10.3. The van der Waals surface area contributed by atoms with Crippen LogP contribution in [0.25, 0.3) is 10.6 Å². The van der Waals surface area contributed by atoms with E-state index >= 15 is 0 Å². The minimum atomic E-state index is -0.227. The quantitative estimate of drug-likeness (QED) is 0.652. The Morgan fingerprint density at radius 1 is 1.23 bits per heavy atom. The third-order valence-corrected chi connectivity index (χ3v) is 6.27. The predicted octanol–water partition coefficient (Wildman–Crippen LogP) is 3.48. The van der Waals surface area contributed by atoms with Crippen LogP contribution in [0.15, 0.2) is 12.1 Å². The van der Waals surface area contributed by atoms with Crippen LogP contribution in [-0.4, -0.2) is 26.4 Å². The largest absolute Gasteiger partial charge is 0.351 e. The Labute approximate surface area is 162 Å². The smallest absolute Gasteiger partial charge is 0.271 e. The number of thiophene rings is 1. The van der Waals surface area contributed by atoms with Gasteiger partial charge in [0.25, 0.3) is 5.91 Å². The number of nitrogens with one attached hydrogen (secondary N) is 2. The number of hydrogen-bond acceptors (Lipinski definition) is 8. The van der Waals surface area contributed by atoms with Crippen LogP contribution in [0.5, 0.6) is 0 Å². The molecule has 0 spiro atoms. The highest BCUT2D eigenvalue weighted by Gasteiger charge is 2.18. The van der Waals surface area contributed by atoms with Gasteiger partial charge in [0.2, 0.25) is 5.91 Å². The first kappa shape index (κ1) is 18.6. The molecule has 136 valence electrons. The third-order valence-electron chi connectivity index (χ3n) is 3.52. The molecule has 7 nitrogen and oxygen atoms in total. The fourth-order valence-electron chi connectivity index (χ4n) is 2.26. The maximum absolute atomic E-state index is 12.4. The predicted molar refractivity (Wildman–Crippen MR) is 105 cm³/mol. The summed E-state index contributed by atoms with van der Waals surface area (Å²) in [6, 6.07) is 3.96. The zero-order valence-corrected chi connectivity index (χ0v) is 16.9. The molecular formula is C16H17N5O2S3. The maximum Gasteiger partial charge on any atom is 0.271 e. The number of anilines is 1. The molecule has 0 aromatic carbocycles. The second kappa shape index (κ2) is 8.02. The lowest BCUT2D eigenvalue weighted by molar-refractivity contribution is -0.119. The normalized spacial score (nSPS) is 10.7. The molecule has 0 unspecified atom stereocenters. The highest BCUT2D eigenvalue weighted by Crippen LogP contribution is 2.35. The second-order valence-corrected chi connectivity index (χ2v) is 8.58. The molecule has 3 heterocycles. The van der Waals surface area contributed by atoms with Gasteiger partial charge in [-0.05, 0) is 37.0 Å². The van der Waals surface area contributed by atoms with E-state index in [0.29, 0.717) is 28.7 Å². The summed E-state index contributed by atoms with van der Waals surface area (Å²) in [6.45, 7) is 5.91. The minimum Gasteiger partial charge on any atom is -0.351 e. The molecule has 2 N–H and O–H groups in total. The summed E-state index contributed by atoms with van der Waals surface area (Å²) >= 11 is 4.10. The Morgan fingerprint density at radius 3 is 2.77 bits per heavy atom. The van der Waals surface area contributed by atoms with Gasteiger partial charge >= 0.3 is 0 Å². The van der Waals surface area contributed by atoms with Gasteiger partial charge in [-0.1, -0.05) is 11.4 Å². The molecule has 0 radical (unpaired) electrons. The van der Waals surface area contributed by atoms with Crippen molar-refractivity contribution in [3.05, 3.63) is 32.5 Å². The van der Waals surface area contributed by atoms with Crippen LogP contribution in [-0.2, 0) is 17.8 Å². The fourth-order valence-corrected chi connectivity index (χ4v) is 4.78. The SMILES string of the molecule is CCc1nnsc1C(=O)Nc1nc(-c2ccc(CNC(C)=O)s2)c(C)s1. The molecule has 0 aliphatic carbocycles. The summed E-state index contributed by atoms with van der Waals surface area (Å²) in [4.78, 5) is 31.6. The Kier molecular flexibility index (Phi) is 5.74. The van der Waals surface area contributed by atoms with E-state index < -0.39 is 0 Å². The van der Waals surface area contributed by atoms with E-state index in [1.54, 1.807) is 11.3 Å². The Bertz CT molecular complexity index is 943. The van der Waals surface area contributed by atoms with Gasteiger partial charge in [-0.3, -0.25) is 14.9 Å². The molecule has 2 amide bonds. The van der Waals surface area contributed by atoms with Crippen LogP contribution in [0.2, 0.25) is 0 Å². The van der Waals surface area contributed by atoms with Crippen molar-refractivity contribution < 1.29 is 9.59 Å². The van der Waals surface area contributed by atoms with Gasteiger partial charge in [-0.2, -0.15) is 0 Å². The average Bonchev–Trinajstić information content (AvgIpc) is 3.31. The number of hydrogen-bond donors (Lipinski definition) is 2. The molecule has 3 rings (SSSR count). The molecule has 3 aromatic rings. The van der Waals surface area contributed by atoms with Gasteiger partial charge in [0.05, 0.1) is 22.8 Å². The van der Waals surface area contributed by atoms with E-state index in [4.69, 9.17) is 0 Å². The maximum atomic E-state index is 12.4. The van der Waals surface area contributed by atoms with Crippen LogP contribution in [0.3, 0.4) is 0 Å². The zero-order valence-electron chi connectivity index (χ0n) is 14.5. The molecule has 26 heavy (non-hydrogen) atoms. The van der Waals surface area contributed by atoms with E-state index in [1.807, 2.05) is 26.0 Å². The van der Waals surface area contributed by atoms with Gasteiger partial charge in [0, 0.05) is 16.7 Å². The molecule has 3 aromatic heterocycles. The van der Waals surface area contributed by atoms with Gasteiger partial charge in [-0.15, -0.1) is 27.8 Å². The highest BCUT2D eigenvalue weighted by molar-refractivity contribution is 7.18. The molecule has 0 aliphatic rings. The highest BCUT2D eigenvalue weighted by atomic mass is 32.1. The van der Waals surface area contributed by atoms with Gasteiger partial charge < -0.3 is 5.32 Å². The number of nitrogens with zero attached hydrogens (tertiary/aromatic N) is 3. The van der Waals surface area contributed by atoms with E-state index in [1.165, 1.54) is 18.3 Å². The first-order valence-electron chi connectivity index (χ1n) is 7.91. The first-order chi connectivity index (χ1) is 12.5. The standard InChI is InChI=1S/C16H17N5O2S3/c1-4-11-14(26-21-20-11)15(23)19-16-18-13(8(2)24-16)12-6-5-10(25-12)7-17-9(3)22/h5-6H,4,7H2,1-3H3,(H,17,22)(H,18,19,23). The summed E-state index contributed by atoms with van der Waals surface area (Å²) in [6.07, 6.45) is 0.660. The van der Waals surface area contributed by atoms with Crippen molar-refractivity contribution in [1.29, 1.82) is 0 Å². The fraction of sp³-hybridized carbons (Fsp3) is 0.312. The zero-order chi connectivity index (χ0) is 18.7. The number of rotatable bonds is 6. The number of thiazole rings is 1. The number of carbonyl (C=O) groups excluding carboxylic acids is 2. The van der Waals surface area contributed by atoms with Gasteiger partial charge in [-0.25, -0.2) is 4.98 Å². The van der Waals surface area contributed by atoms with Crippen molar-refractivity contribution in [1.82, 2.24) is 19.9 Å². The summed E-state index contributed by atoms with van der Waals surface area (Å²) in [5.41, 5.74) is 1.55. The van der Waals surface area contributed by atoms with Crippen molar-refractivity contribution >= 4 is 51.2 Å². The molecule has 0 bridgehead atoms. The average molecular weight is 408 g/mol. The number of aryl methyl sites for hydroxylation is 2. The van der Waals surface area contributed by atoms with Crippen molar-refractivity contribution in [2.75, 3.05) is 5.32 Å². The molecule has 0 aliphatic heterocycles. The Hall–Kier alpha value is -2.17. The first-order valence-corrected chi connectivity index (χ1v) is 10.3. The van der Waals surface area contributed by atoms with Crippen LogP contribution in [0.4, 0.5) is 5.13 Å². The topological polar surface area (TPSA) is 96.9 Å². The van der Waals surface area contributed by atoms with Crippen molar-refractivity contribution in [2.45, 2.75) is 33.7 Å². The second-order valence-electron chi connectivity index (χ2n) is 5.46. The van der Waals surface area contributed by atoms with E-state index in [-0.39, 0.29) is 11.8 Å². The number of amides is 2. The Morgan fingerprint density at radius 2 is 2.04 bits per heavy atom. The van der Waals surface area contributed by atoms with Crippen LogP contribution < -0.4 is 10.6 Å². The molecule has 0 saturated carbocycles. The number of carbonyl (C=O) groups is 2.